The van der Waals surface area contributed by atoms with Crippen LogP contribution in [0.5, 0.6) is 5.75 Å². The molecule has 188 valence electrons. The summed E-state index contributed by atoms with van der Waals surface area (Å²) in [5.41, 5.74) is 2.58. The summed E-state index contributed by atoms with van der Waals surface area (Å²) in [5, 5.41) is 0. The summed E-state index contributed by atoms with van der Waals surface area (Å²) in [6, 6.07) is 15.3. The Kier molecular flexibility index (Phi) is 7.20. The maximum Gasteiger partial charge on any atom is 0.170 e. The Morgan fingerprint density at radius 3 is 2.19 bits per heavy atom. The van der Waals surface area contributed by atoms with Crippen molar-refractivity contribution >= 4 is 5.76 Å². The van der Waals surface area contributed by atoms with Gasteiger partial charge in [0.15, 0.2) is 11.6 Å². The molecule has 1 aliphatic heterocycles. The minimum absolute atomic E-state index is 0.0138. The van der Waals surface area contributed by atoms with Crippen LogP contribution in [0.4, 0.5) is 13.2 Å². The molecule has 5 heteroatoms. The van der Waals surface area contributed by atoms with Crippen LogP contribution in [-0.2, 0) is 4.74 Å². The maximum absolute atomic E-state index is 15.0. The van der Waals surface area contributed by atoms with Crippen LogP contribution >= 0.6 is 0 Å². The standard InChI is InChI=1S/C31H31F3O2/c1-3-4-20-5-7-22(8-6-20)26-16-15-25(30(33)31(26)34)19(2)36-24-12-9-21(10-13-24)23-11-14-27(28(32)17-23)29-18-35-29/h9-17,20,22,29H,2-8,18H2,1H3. The Morgan fingerprint density at radius 2 is 1.56 bits per heavy atom. The van der Waals surface area contributed by atoms with Gasteiger partial charge in [0.05, 0.1) is 12.2 Å². The Labute approximate surface area is 210 Å². The van der Waals surface area contributed by atoms with Crippen molar-refractivity contribution in [1.29, 1.82) is 0 Å². The van der Waals surface area contributed by atoms with Crippen molar-refractivity contribution in [3.8, 4) is 16.9 Å². The fraction of sp³-hybridized carbons (Fsp3) is 0.355. The van der Waals surface area contributed by atoms with Gasteiger partial charge in [-0.2, -0.15) is 0 Å². The van der Waals surface area contributed by atoms with E-state index in [-0.39, 0.29) is 29.2 Å². The summed E-state index contributed by atoms with van der Waals surface area (Å²) in [7, 11) is 0. The molecule has 0 spiro atoms. The molecule has 0 aromatic heterocycles. The first-order chi connectivity index (χ1) is 17.4. The molecular formula is C31H31F3O2. The Morgan fingerprint density at radius 1 is 0.889 bits per heavy atom. The topological polar surface area (TPSA) is 21.8 Å². The van der Waals surface area contributed by atoms with Crippen molar-refractivity contribution in [1.82, 2.24) is 0 Å². The average Bonchev–Trinajstić information content (AvgIpc) is 3.72. The zero-order valence-corrected chi connectivity index (χ0v) is 20.5. The van der Waals surface area contributed by atoms with Crippen LogP contribution in [-0.4, -0.2) is 6.61 Å². The molecule has 0 bridgehead atoms. The summed E-state index contributed by atoms with van der Waals surface area (Å²) in [6.07, 6.45) is 6.16. The summed E-state index contributed by atoms with van der Waals surface area (Å²) in [6.45, 7) is 6.57. The van der Waals surface area contributed by atoms with Crippen LogP contribution in [0.2, 0.25) is 0 Å². The highest BCUT2D eigenvalue weighted by atomic mass is 19.2. The Bertz CT molecular complexity index is 1240. The van der Waals surface area contributed by atoms with Crippen LogP contribution < -0.4 is 4.74 Å². The van der Waals surface area contributed by atoms with E-state index < -0.39 is 11.6 Å². The first-order valence-electron chi connectivity index (χ1n) is 12.8. The van der Waals surface area contributed by atoms with Gasteiger partial charge in [-0.3, -0.25) is 0 Å². The van der Waals surface area contributed by atoms with Gasteiger partial charge < -0.3 is 9.47 Å². The van der Waals surface area contributed by atoms with Gasteiger partial charge in [0.25, 0.3) is 0 Å². The number of halogens is 3. The highest BCUT2D eigenvalue weighted by molar-refractivity contribution is 5.66. The van der Waals surface area contributed by atoms with E-state index in [1.807, 2.05) is 6.07 Å². The van der Waals surface area contributed by atoms with Gasteiger partial charge in [-0.05, 0) is 78.5 Å². The van der Waals surface area contributed by atoms with Gasteiger partial charge in [-0.25, -0.2) is 13.2 Å². The molecule has 1 saturated heterocycles. The van der Waals surface area contributed by atoms with Crippen LogP contribution in [0.3, 0.4) is 0 Å². The molecule has 3 aromatic rings. The maximum atomic E-state index is 15.0. The molecular weight excluding hydrogens is 461 g/mol. The molecule has 2 nitrogen and oxygen atoms in total. The summed E-state index contributed by atoms with van der Waals surface area (Å²) in [5.74, 6) is -0.775. The van der Waals surface area contributed by atoms with Crippen LogP contribution in [0.25, 0.3) is 16.9 Å². The lowest BCUT2D eigenvalue weighted by Gasteiger charge is -2.29. The lowest BCUT2D eigenvalue weighted by Crippen LogP contribution is -2.15. The molecule has 2 aliphatic rings. The van der Waals surface area contributed by atoms with E-state index in [0.717, 1.165) is 36.8 Å². The first-order valence-corrected chi connectivity index (χ1v) is 12.8. The fourth-order valence-electron chi connectivity index (χ4n) is 5.37. The van der Waals surface area contributed by atoms with Gasteiger partial charge in [-0.1, -0.05) is 56.7 Å². The molecule has 0 amide bonds. The second-order valence-corrected chi connectivity index (χ2v) is 9.94. The second kappa shape index (κ2) is 10.5. The van der Waals surface area contributed by atoms with Gasteiger partial charge in [-0.15, -0.1) is 0 Å². The van der Waals surface area contributed by atoms with Crippen molar-refractivity contribution in [2.24, 2.45) is 5.92 Å². The van der Waals surface area contributed by atoms with Crippen LogP contribution in [0, 0.1) is 23.4 Å². The van der Waals surface area contributed by atoms with Crippen molar-refractivity contribution in [2.45, 2.75) is 57.5 Å². The summed E-state index contributed by atoms with van der Waals surface area (Å²) in [4.78, 5) is 0. The van der Waals surface area contributed by atoms with Crippen molar-refractivity contribution < 1.29 is 22.6 Å². The third-order valence-corrected chi connectivity index (χ3v) is 7.51. The third-order valence-electron chi connectivity index (χ3n) is 7.51. The molecule has 1 unspecified atom stereocenters. The lowest BCUT2D eigenvalue weighted by atomic mass is 9.77. The van der Waals surface area contributed by atoms with Crippen LogP contribution in [0.1, 0.15) is 74.2 Å². The minimum Gasteiger partial charge on any atom is -0.457 e. The molecule has 3 aromatic carbocycles. The Hall–Kier alpha value is -3.05. The SMILES string of the molecule is C=C(Oc1ccc(-c2ccc(C3CO3)c(F)c2)cc1)c1ccc(C2CCC(CCC)CC2)c(F)c1F. The molecule has 1 saturated carbocycles. The van der Waals surface area contributed by atoms with E-state index in [1.54, 1.807) is 42.5 Å². The first kappa shape index (κ1) is 24.6. The zero-order chi connectivity index (χ0) is 25.2. The van der Waals surface area contributed by atoms with E-state index in [4.69, 9.17) is 9.47 Å². The number of hydrogen-bond donors (Lipinski definition) is 0. The predicted molar refractivity (Wildman–Crippen MR) is 136 cm³/mol. The Balaban J connectivity index is 1.25. The number of rotatable bonds is 8. The zero-order valence-electron chi connectivity index (χ0n) is 20.5. The van der Waals surface area contributed by atoms with Crippen molar-refractivity contribution in [2.75, 3.05) is 6.61 Å². The normalized spacial score (nSPS) is 21.3. The molecule has 5 rings (SSSR count). The molecule has 1 heterocycles. The summed E-state index contributed by atoms with van der Waals surface area (Å²) >= 11 is 0. The molecule has 1 atom stereocenters. The lowest BCUT2D eigenvalue weighted by molar-refractivity contribution is 0.303. The number of hydrogen-bond acceptors (Lipinski definition) is 2. The van der Waals surface area contributed by atoms with Crippen molar-refractivity contribution in [3.63, 3.8) is 0 Å². The van der Waals surface area contributed by atoms with Crippen LogP contribution in [0.15, 0.2) is 61.2 Å². The molecule has 0 N–H and O–H groups in total. The van der Waals surface area contributed by atoms with E-state index in [0.29, 0.717) is 29.4 Å². The van der Waals surface area contributed by atoms with E-state index in [2.05, 4.69) is 13.5 Å². The van der Waals surface area contributed by atoms with Gasteiger partial charge >= 0.3 is 0 Å². The second-order valence-electron chi connectivity index (χ2n) is 9.94. The van der Waals surface area contributed by atoms with Gasteiger partial charge in [0.1, 0.15) is 23.4 Å². The average molecular weight is 493 g/mol. The number of epoxide rings is 1. The predicted octanol–water partition coefficient (Wildman–Crippen LogP) is 8.97. The minimum atomic E-state index is -0.917. The smallest absolute Gasteiger partial charge is 0.170 e. The largest absolute Gasteiger partial charge is 0.457 e. The number of ether oxygens (including phenoxy) is 2. The third kappa shape index (κ3) is 5.22. The van der Waals surface area contributed by atoms with E-state index in [1.165, 1.54) is 18.9 Å². The number of benzene rings is 3. The molecule has 0 radical (unpaired) electrons. The van der Waals surface area contributed by atoms with Gasteiger partial charge in [0, 0.05) is 5.56 Å². The highest BCUT2D eigenvalue weighted by Crippen LogP contribution is 2.40. The van der Waals surface area contributed by atoms with E-state index in [9.17, 15) is 4.39 Å². The molecule has 2 fully saturated rings. The van der Waals surface area contributed by atoms with Gasteiger partial charge in [0.2, 0.25) is 0 Å². The fourth-order valence-corrected chi connectivity index (χ4v) is 5.37. The molecule has 36 heavy (non-hydrogen) atoms. The highest BCUT2D eigenvalue weighted by Gasteiger charge is 2.28. The summed E-state index contributed by atoms with van der Waals surface area (Å²) < 4.78 is 55.3. The van der Waals surface area contributed by atoms with Crippen molar-refractivity contribution in [3.05, 3.63) is 95.3 Å². The van der Waals surface area contributed by atoms with E-state index >= 15 is 8.78 Å². The monoisotopic (exact) mass is 492 g/mol. The molecule has 1 aliphatic carbocycles. The quantitative estimate of drug-likeness (QED) is 0.231.